The zero-order valence-corrected chi connectivity index (χ0v) is 11.1. The van der Waals surface area contributed by atoms with Gasteiger partial charge in [0.2, 0.25) is 0 Å². The van der Waals surface area contributed by atoms with Gasteiger partial charge in [-0.25, -0.2) is 0 Å². The van der Waals surface area contributed by atoms with Crippen LogP contribution in [0.15, 0.2) is 12.1 Å². The average molecular weight is 264 g/mol. The van der Waals surface area contributed by atoms with E-state index in [0.717, 1.165) is 11.1 Å². The first-order valence-corrected chi connectivity index (χ1v) is 6.24. The SMILES string of the molecule is COc1cc(OC)c2c(c1)[C@@H]1OC(=O)C[C@@H]1O[C@@H]2C. The third-order valence-corrected chi connectivity index (χ3v) is 3.66. The van der Waals surface area contributed by atoms with Gasteiger partial charge in [0.1, 0.15) is 17.6 Å². The van der Waals surface area contributed by atoms with E-state index in [1.807, 2.05) is 19.1 Å². The van der Waals surface area contributed by atoms with E-state index < -0.39 is 0 Å². The summed E-state index contributed by atoms with van der Waals surface area (Å²) in [4.78, 5) is 11.5. The third-order valence-electron chi connectivity index (χ3n) is 3.66. The van der Waals surface area contributed by atoms with Crippen molar-refractivity contribution in [1.82, 2.24) is 0 Å². The van der Waals surface area contributed by atoms with E-state index >= 15 is 0 Å². The van der Waals surface area contributed by atoms with E-state index in [0.29, 0.717) is 17.9 Å². The Bertz CT molecular complexity index is 525. The smallest absolute Gasteiger partial charge is 0.309 e. The number of carbonyl (C=O) groups is 1. The monoisotopic (exact) mass is 264 g/mol. The van der Waals surface area contributed by atoms with Crippen LogP contribution in [0, 0.1) is 0 Å². The topological polar surface area (TPSA) is 54.0 Å². The number of ether oxygens (including phenoxy) is 4. The van der Waals surface area contributed by atoms with Crippen molar-refractivity contribution in [2.75, 3.05) is 14.2 Å². The van der Waals surface area contributed by atoms with Gasteiger partial charge < -0.3 is 18.9 Å². The van der Waals surface area contributed by atoms with Crippen molar-refractivity contribution in [2.24, 2.45) is 0 Å². The maximum Gasteiger partial charge on any atom is 0.309 e. The molecule has 1 saturated heterocycles. The fourth-order valence-corrected chi connectivity index (χ4v) is 2.83. The molecule has 102 valence electrons. The number of hydrogen-bond acceptors (Lipinski definition) is 5. The molecular weight excluding hydrogens is 248 g/mol. The lowest BCUT2D eigenvalue weighted by molar-refractivity contribution is -0.143. The summed E-state index contributed by atoms with van der Waals surface area (Å²) in [5.74, 6) is 1.16. The van der Waals surface area contributed by atoms with Crippen LogP contribution in [-0.2, 0) is 14.3 Å². The van der Waals surface area contributed by atoms with Gasteiger partial charge in [-0.05, 0) is 13.0 Å². The molecule has 5 nitrogen and oxygen atoms in total. The molecule has 3 atom stereocenters. The molecule has 0 radical (unpaired) electrons. The minimum Gasteiger partial charge on any atom is -0.497 e. The van der Waals surface area contributed by atoms with Gasteiger partial charge in [-0.15, -0.1) is 0 Å². The average Bonchev–Trinajstić information content (AvgIpc) is 2.78. The molecule has 19 heavy (non-hydrogen) atoms. The van der Waals surface area contributed by atoms with Crippen LogP contribution >= 0.6 is 0 Å². The summed E-state index contributed by atoms with van der Waals surface area (Å²) in [6.45, 7) is 1.95. The second-order valence-corrected chi connectivity index (χ2v) is 4.76. The Hall–Kier alpha value is -1.75. The molecular formula is C14H16O5. The van der Waals surface area contributed by atoms with Crippen LogP contribution in [0.25, 0.3) is 0 Å². The highest BCUT2D eigenvalue weighted by atomic mass is 16.6. The molecule has 5 heteroatoms. The molecule has 0 N–H and O–H groups in total. The summed E-state index contributed by atoms with van der Waals surface area (Å²) in [6.07, 6.45) is -0.408. The third kappa shape index (κ3) is 1.85. The second kappa shape index (κ2) is 4.42. The number of esters is 1. The lowest BCUT2D eigenvalue weighted by Crippen LogP contribution is -2.27. The zero-order valence-electron chi connectivity index (χ0n) is 11.1. The summed E-state index contributed by atoms with van der Waals surface area (Å²) in [7, 11) is 3.20. The van der Waals surface area contributed by atoms with E-state index in [1.54, 1.807) is 14.2 Å². The minimum absolute atomic E-state index is 0.133. The molecule has 1 fully saturated rings. The highest BCUT2D eigenvalue weighted by molar-refractivity contribution is 5.73. The Labute approximate surface area is 111 Å². The van der Waals surface area contributed by atoms with Gasteiger partial charge in [-0.2, -0.15) is 0 Å². The predicted octanol–water partition coefficient (Wildman–Crippen LogP) is 2.15. The Morgan fingerprint density at radius 2 is 2.05 bits per heavy atom. The van der Waals surface area contributed by atoms with E-state index in [9.17, 15) is 4.79 Å². The van der Waals surface area contributed by atoms with Gasteiger partial charge in [0.25, 0.3) is 0 Å². The first-order chi connectivity index (χ1) is 9.13. The van der Waals surface area contributed by atoms with Crippen molar-refractivity contribution < 1.29 is 23.7 Å². The highest BCUT2D eigenvalue weighted by Gasteiger charge is 2.44. The van der Waals surface area contributed by atoms with Gasteiger partial charge in [0, 0.05) is 17.2 Å². The predicted molar refractivity (Wildman–Crippen MR) is 66.3 cm³/mol. The zero-order chi connectivity index (χ0) is 13.6. The minimum atomic E-state index is -0.359. The number of benzene rings is 1. The fourth-order valence-electron chi connectivity index (χ4n) is 2.83. The van der Waals surface area contributed by atoms with Gasteiger partial charge in [-0.3, -0.25) is 4.79 Å². The largest absolute Gasteiger partial charge is 0.497 e. The molecule has 0 saturated carbocycles. The molecule has 2 aliphatic rings. The Morgan fingerprint density at radius 3 is 2.74 bits per heavy atom. The molecule has 2 heterocycles. The first-order valence-electron chi connectivity index (χ1n) is 6.24. The summed E-state index contributed by atoms with van der Waals surface area (Å²) in [5.41, 5.74) is 1.85. The van der Waals surface area contributed by atoms with Gasteiger partial charge in [0.15, 0.2) is 6.10 Å². The van der Waals surface area contributed by atoms with Crippen LogP contribution in [0.5, 0.6) is 11.5 Å². The molecule has 1 aromatic rings. The quantitative estimate of drug-likeness (QED) is 0.766. The molecule has 0 bridgehead atoms. The van der Waals surface area contributed by atoms with E-state index in [1.165, 1.54) is 0 Å². The van der Waals surface area contributed by atoms with E-state index in [2.05, 4.69) is 0 Å². The van der Waals surface area contributed by atoms with Crippen molar-refractivity contribution in [1.29, 1.82) is 0 Å². The maximum atomic E-state index is 11.5. The molecule has 0 spiro atoms. The Morgan fingerprint density at radius 1 is 1.26 bits per heavy atom. The molecule has 3 rings (SSSR count). The van der Waals surface area contributed by atoms with Crippen molar-refractivity contribution >= 4 is 5.97 Å². The number of rotatable bonds is 2. The van der Waals surface area contributed by atoms with Crippen molar-refractivity contribution in [3.05, 3.63) is 23.3 Å². The molecule has 1 aromatic carbocycles. The van der Waals surface area contributed by atoms with Gasteiger partial charge in [-0.1, -0.05) is 0 Å². The molecule has 0 amide bonds. The molecule has 0 unspecified atom stereocenters. The van der Waals surface area contributed by atoms with Crippen LogP contribution in [-0.4, -0.2) is 26.3 Å². The summed E-state index contributed by atoms with van der Waals surface area (Å²) in [6, 6.07) is 3.71. The summed E-state index contributed by atoms with van der Waals surface area (Å²) < 4.78 is 21.9. The van der Waals surface area contributed by atoms with Crippen LogP contribution in [0.4, 0.5) is 0 Å². The lowest BCUT2D eigenvalue weighted by atomic mass is 9.91. The van der Waals surface area contributed by atoms with Crippen LogP contribution in [0.2, 0.25) is 0 Å². The standard InChI is InChI=1S/C14H16O5/c1-7-13-9(4-8(16-2)5-10(13)17-3)14-11(18-7)6-12(15)19-14/h4-5,7,11,14H,6H2,1-3H3/t7-,11+,14+/m1/s1. The van der Waals surface area contributed by atoms with Crippen molar-refractivity contribution in [3.8, 4) is 11.5 Å². The Balaban J connectivity index is 2.15. The second-order valence-electron chi connectivity index (χ2n) is 4.76. The van der Waals surface area contributed by atoms with E-state index in [4.69, 9.17) is 18.9 Å². The van der Waals surface area contributed by atoms with Crippen LogP contribution in [0.3, 0.4) is 0 Å². The summed E-state index contributed by atoms with van der Waals surface area (Å²) >= 11 is 0. The first kappa shape index (κ1) is 12.3. The van der Waals surface area contributed by atoms with E-state index in [-0.39, 0.29) is 24.3 Å². The van der Waals surface area contributed by atoms with Crippen molar-refractivity contribution in [2.45, 2.75) is 31.7 Å². The highest BCUT2D eigenvalue weighted by Crippen LogP contribution is 2.48. The molecule has 0 aliphatic carbocycles. The number of fused-ring (bicyclic) bond motifs is 3. The van der Waals surface area contributed by atoms with Crippen LogP contribution < -0.4 is 9.47 Å². The number of carbonyl (C=O) groups excluding carboxylic acids is 1. The fraction of sp³-hybridized carbons (Fsp3) is 0.500. The van der Waals surface area contributed by atoms with Crippen molar-refractivity contribution in [3.63, 3.8) is 0 Å². The molecule has 2 aliphatic heterocycles. The van der Waals surface area contributed by atoms with Gasteiger partial charge in [0.05, 0.1) is 26.7 Å². The Kier molecular flexibility index (Phi) is 2.86. The lowest BCUT2D eigenvalue weighted by Gasteiger charge is -2.32. The number of methoxy groups -OCH3 is 2. The van der Waals surface area contributed by atoms with Crippen LogP contribution in [0.1, 0.15) is 36.7 Å². The number of hydrogen-bond donors (Lipinski definition) is 0. The summed E-state index contributed by atoms with van der Waals surface area (Å²) in [5, 5.41) is 0. The maximum absolute atomic E-state index is 11.5. The van der Waals surface area contributed by atoms with Gasteiger partial charge >= 0.3 is 5.97 Å². The molecule has 0 aromatic heterocycles. The normalized spacial score (nSPS) is 28.4.